The number of fused-ring (bicyclic) bond motifs is 1. The molecule has 0 bridgehead atoms. The zero-order valence-electron chi connectivity index (χ0n) is 18.2. The van der Waals surface area contributed by atoms with Gasteiger partial charge in [0.15, 0.2) is 5.16 Å². The van der Waals surface area contributed by atoms with Crippen LogP contribution in [0.2, 0.25) is 0 Å². The molecule has 8 heteroatoms. The van der Waals surface area contributed by atoms with Crippen molar-refractivity contribution >= 4 is 28.6 Å². The molecule has 0 unspecified atom stereocenters. The fourth-order valence-corrected chi connectivity index (χ4v) is 4.81. The van der Waals surface area contributed by atoms with E-state index in [1.807, 2.05) is 30.2 Å². The van der Waals surface area contributed by atoms with Gasteiger partial charge in [-0.2, -0.15) is 0 Å². The Morgan fingerprint density at radius 1 is 1.32 bits per heavy atom. The molecule has 31 heavy (non-hydrogen) atoms. The number of rotatable bonds is 6. The number of carbonyl (C=O) groups is 1. The number of aryl methyl sites for hydroxylation is 1. The highest BCUT2D eigenvalue weighted by Crippen LogP contribution is 2.34. The smallest absolute Gasteiger partial charge is 0.254 e. The number of aromatic nitrogens is 3. The number of ether oxygens (including phenoxy) is 1. The molecule has 3 aromatic rings. The number of nitrogens with one attached hydrogen (secondary N) is 2. The molecule has 1 amide bonds. The lowest BCUT2D eigenvalue weighted by molar-refractivity contribution is -0.132. The summed E-state index contributed by atoms with van der Waals surface area (Å²) in [5, 5.41) is 1.80. The number of aromatic amines is 2. The summed E-state index contributed by atoms with van der Waals surface area (Å²) in [6.07, 6.45) is 6.58. The van der Waals surface area contributed by atoms with Gasteiger partial charge in [-0.25, -0.2) is 4.98 Å². The molecule has 1 aliphatic rings. The zero-order valence-corrected chi connectivity index (χ0v) is 19.0. The molecule has 0 spiro atoms. The van der Waals surface area contributed by atoms with Crippen molar-refractivity contribution in [3.05, 3.63) is 51.6 Å². The third-order valence-electron chi connectivity index (χ3n) is 6.19. The topological polar surface area (TPSA) is 91.1 Å². The summed E-state index contributed by atoms with van der Waals surface area (Å²) in [4.78, 5) is 37.5. The van der Waals surface area contributed by atoms with E-state index in [1.165, 1.54) is 22.7 Å². The van der Waals surface area contributed by atoms with Crippen LogP contribution < -0.4 is 10.3 Å². The summed E-state index contributed by atoms with van der Waals surface area (Å²) in [6, 6.07) is 6.08. The molecule has 164 valence electrons. The molecule has 1 fully saturated rings. The second-order valence-corrected chi connectivity index (χ2v) is 8.74. The Morgan fingerprint density at radius 2 is 2.10 bits per heavy atom. The van der Waals surface area contributed by atoms with Crippen molar-refractivity contribution < 1.29 is 9.53 Å². The third kappa shape index (κ3) is 4.49. The Labute approximate surface area is 185 Å². The quantitative estimate of drug-likeness (QED) is 0.451. The average Bonchev–Trinajstić information content (AvgIpc) is 3.21. The largest absolute Gasteiger partial charge is 0.497 e. The van der Waals surface area contributed by atoms with E-state index < -0.39 is 0 Å². The molecule has 0 aliphatic carbocycles. The van der Waals surface area contributed by atoms with Gasteiger partial charge in [0.05, 0.1) is 7.11 Å². The van der Waals surface area contributed by atoms with Gasteiger partial charge in [0.2, 0.25) is 5.91 Å². The Kier molecular flexibility index (Phi) is 6.36. The lowest BCUT2D eigenvalue weighted by atomic mass is 9.89. The summed E-state index contributed by atoms with van der Waals surface area (Å²) >= 11 is 1.40. The van der Waals surface area contributed by atoms with E-state index in [2.05, 4.69) is 27.2 Å². The van der Waals surface area contributed by atoms with E-state index in [-0.39, 0.29) is 11.5 Å². The van der Waals surface area contributed by atoms with Gasteiger partial charge >= 0.3 is 0 Å². The van der Waals surface area contributed by atoms with Gasteiger partial charge in [-0.05, 0) is 62.1 Å². The van der Waals surface area contributed by atoms with Crippen LogP contribution in [0.3, 0.4) is 0 Å². The van der Waals surface area contributed by atoms with Crippen molar-refractivity contribution in [1.29, 1.82) is 0 Å². The summed E-state index contributed by atoms with van der Waals surface area (Å²) in [7, 11) is 1.68. The maximum absolute atomic E-state index is 12.8. The van der Waals surface area contributed by atoms with E-state index in [1.54, 1.807) is 7.11 Å². The first-order chi connectivity index (χ1) is 15.0. The molecule has 1 aliphatic heterocycles. The fraction of sp³-hybridized carbons (Fsp3) is 0.435. The highest BCUT2D eigenvalue weighted by Gasteiger charge is 2.25. The molecule has 0 atom stereocenters. The van der Waals surface area contributed by atoms with E-state index in [0.29, 0.717) is 35.2 Å². The number of H-pyrrole nitrogens is 2. The minimum Gasteiger partial charge on any atom is -0.497 e. The first-order valence-corrected chi connectivity index (χ1v) is 11.8. The highest BCUT2D eigenvalue weighted by atomic mass is 32.2. The van der Waals surface area contributed by atoms with Crippen molar-refractivity contribution in [2.75, 3.05) is 26.5 Å². The SMILES string of the molecule is COc1ccc2[nH]cc(C3CCN(C(=O)CCc4c(C)nc(SC)[nH]c4=O)CC3)c2c1. The number of benzene rings is 1. The van der Waals surface area contributed by atoms with E-state index in [4.69, 9.17) is 4.74 Å². The lowest BCUT2D eigenvalue weighted by Crippen LogP contribution is -2.38. The van der Waals surface area contributed by atoms with Crippen molar-refractivity contribution in [3.63, 3.8) is 0 Å². The zero-order chi connectivity index (χ0) is 22.0. The maximum atomic E-state index is 12.8. The number of likely N-dealkylation sites (tertiary alicyclic amines) is 1. The van der Waals surface area contributed by atoms with Crippen LogP contribution in [0, 0.1) is 6.92 Å². The van der Waals surface area contributed by atoms with Gasteiger partial charge in [-0.1, -0.05) is 11.8 Å². The minimum absolute atomic E-state index is 0.104. The number of methoxy groups -OCH3 is 1. The number of carbonyl (C=O) groups excluding carboxylic acids is 1. The molecule has 0 saturated carbocycles. The second kappa shape index (κ2) is 9.18. The number of piperidine rings is 1. The third-order valence-corrected chi connectivity index (χ3v) is 6.77. The van der Waals surface area contributed by atoms with Gasteiger partial charge in [-0.3, -0.25) is 9.59 Å². The second-order valence-electron chi connectivity index (χ2n) is 7.95. The first-order valence-electron chi connectivity index (χ1n) is 10.6. The van der Waals surface area contributed by atoms with Gasteiger partial charge < -0.3 is 19.6 Å². The van der Waals surface area contributed by atoms with Crippen LogP contribution in [0.1, 0.15) is 42.0 Å². The summed E-state index contributed by atoms with van der Waals surface area (Å²) in [5.41, 5.74) is 3.57. The molecule has 0 radical (unpaired) electrons. The van der Waals surface area contributed by atoms with Gasteiger partial charge in [0.25, 0.3) is 5.56 Å². The van der Waals surface area contributed by atoms with E-state index >= 15 is 0 Å². The Bertz CT molecular complexity index is 1150. The molecular weight excluding hydrogens is 412 g/mol. The van der Waals surface area contributed by atoms with Crippen LogP contribution in [-0.2, 0) is 11.2 Å². The van der Waals surface area contributed by atoms with Crippen LogP contribution in [0.15, 0.2) is 34.3 Å². The molecule has 7 nitrogen and oxygen atoms in total. The van der Waals surface area contributed by atoms with Crippen molar-refractivity contribution in [1.82, 2.24) is 19.9 Å². The monoisotopic (exact) mass is 440 g/mol. The van der Waals surface area contributed by atoms with Crippen LogP contribution in [-0.4, -0.2) is 52.2 Å². The Morgan fingerprint density at radius 3 is 2.77 bits per heavy atom. The van der Waals surface area contributed by atoms with E-state index in [0.717, 1.165) is 37.2 Å². The van der Waals surface area contributed by atoms with Crippen LogP contribution >= 0.6 is 11.8 Å². The summed E-state index contributed by atoms with van der Waals surface area (Å²) < 4.78 is 5.38. The van der Waals surface area contributed by atoms with Crippen molar-refractivity contribution in [2.45, 2.75) is 43.7 Å². The molecule has 3 heterocycles. The summed E-state index contributed by atoms with van der Waals surface area (Å²) in [6.45, 7) is 3.30. The number of hydrogen-bond acceptors (Lipinski definition) is 5. The molecule has 2 aromatic heterocycles. The van der Waals surface area contributed by atoms with Gasteiger partial charge in [0, 0.05) is 47.9 Å². The molecule has 4 rings (SSSR count). The predicted molar refractivity (Wildman–Crippen MR) is 123 cm³/mol. The molecule has 1 aromatic carbocycles. The van der Waals surface area contributed by atoms with Crippen LogP contribution in [0.5, 0.6) is 5.75 Å². The highest BCUT2D eigenvalue weighted by molar-refractivity contribution is 7.98. The van der Waals surface area contributed by atoms with Gasteiger partial charge in [-0.15, -0.1) is 0 Å². The fourth-order valence-electron chi connectivity index (χ4n) is 4.39. The number of nitrogens with zero attached hydrogens (tertiary/aromatic N) is 2. The van der Waals surface area contributed by atoms with Crippen molar-refractivity contribution in [2.24, 2.45) is 0 Å². The number of amides is 1. The van der Waals surface area contributed by atoms with Gasteiger partial charge in [0.1, 0.15) is 5.75 Å². The lowest BCUT2D eigenvalue weighted by Gasteiger charge is -2.32. The van der Waals surface area contributed by atoms with Crippen molar-refractivity contribution in [3.8, 4) is 5.75 Å². The average molecular weight is 441 g/mol. The molecule has 2 N–H and O–H groups in total. The predicted octanol–water partition coefficient (Wildman–Crippen LogP) is 3.63. The Hall–Kier alpha value is -2.74. The number of hydrogen-bond donors (Lipinski definition) is 2. The maximum Gasteiger partial charge on any atom is 0.254 e. The number of thioether (sulfide) groups is 1. The summed E-state index contributed by atoms with van der Waals surface area (Å²) in [5.74, 6) is 1.37. The normalized spacial score (nSPS) is 14.9. The Balaban J connectivity index is 1.37. The van der Waals surface area contributed by atoms with Crippen LogP contribution in [0.25, 0.3) is 10.9 Å². The van der Waals surface area contributed by atoms with Crippen LogP contribution in [0.4, 0.5) is 0 Å². The molecular formula is C23H28N4O3S. The minimum atomic E-state index is -0.141. The first kappa shape index (κ1) is 21.5. The molecule has 1 saturated heterocycles. The van der Waals surface area contributed by atoms with E-state index in [9.17, 15) is 9.59 Å². The standard InChI is InChI=1S/C23H28N4O3S/c1-14-17(22(29)26-23(25-14)31-3)5-7-21(28)27-10-8-15(9-11-27)19-13-24-20-6-4-16(30-2)12-18(19)20/h4,6,12-13,15,24H,5,7-11H2,1-3H3,(H,25,26,29).